The van der Waals surface area contributed by atoms with Gasteiger partial charge in [0.15, 0.2) is 0 Å². The van der Waals surface area contributed by atoms with Crippen LogP contribution < -0.4 is 5.32 Å². The van der Waals surface area contributed by atoms with Crippen LogP contribution in [0.15, 0.2) is 0 Å². The number of hydrogen-bond acceptors (Lipinski definition) is 2. The molecule has 2 N–H and O–H groups in total. The molecule has 3 heteroatoms. The molecule has 2 aliphatic carbocycles. The van der Waals surface area contributed by atoms with Gasteiger partial charge in [0, 0.05) is 6.04 Å². The van der Waals surface area contributed by atoms with Crippen molar-refractivity contribution in [2.45, 2.75) is 76.4 Å². The van der Waals surface area contributed by atoms with Gasteiger partial charge in [-0.15, -0.1) is 0 Å². The van der Waals surface area contributed by atoms with Crippen LogP contribution in [0, 0.1) is 5.92 Å². The quantitative estimate of drug-likeness (QED) is 0.794. The molecule has 0 aromatic rings. The Balaban J connectivity index is 1.73. The molecule has 0 atom stereocenters. The summed E-state index contributed by atoms with van der Waals surface area (Å²) >= 11 is 0. The normalized spacial score (nSPS) is 32.4. The molecule has 0 saturated heterocycles. The largest absolute Gasteiger partial charge is 0.389 e. The molecular formula is C14H25NO2. The third-order valence-electron chi connectivity index (χ3n) is 4.40. The van der Waals surface area contributed by atoms with Crippen LogP contribution in [0.4, 0.5) is 0 Å². The van der Waals surface area contributed by atoms with Crippen LogP contribution in [0.1, 0.15) is 64.7 Å². The molecule has 0 unspecified atom stereocenters. The van der Waals surface area contributed by atoms with Crippen molar-refractivity contribution in [3.05, 3.63) is 0 Å². The first-order valence-electron chi connectivity index (χ1n) is 7.09. The maximum absolute atomic E-state index is 11.9. The standard InChI is InChI=1S/C14H25NO2/c1-11-4-6-12(7-5-11)15-13(16)10-14(17)8-2-3-9-14/h11-12,17H,2-10H2,1H3,(H,15,16). The van der Waals surface area contributed by atoms with Gasteiger partial charge in [0.2, 0.25) is 5.91 Å². The molecule has 0 bridgehead atoms. The first kappa shape index (κ1) is 12.9. The lowest BCUT2D eigenvalue weighted by molar-refractivity contribution is -0.126. The highest BCUT2D eigenvalue weighted by Crippen LogP contribution is 2.32. The zero-order chi connectivity index (χ0) is 12.3. The van der Waals surface area contributed by atoms with Gasteiger partial charge in [0.05, 0.1) is 12.0 Å². The SMILES string of the molecule is CC1CCC(NC(=O)CC2(O)CCCC2)CC1. The van der Waals surface area contributed by atoms with Gasteiger partial charge in [0.1, 0.15) is 0 Å². The number of amides is 1. The van der Waals surface area contributed by atoms with E-state index in [4.69, 9.17) is 0 Å². The Kier molecular flexibility index (Phi) is 4.08. The molecule has 2 rings (SSSR count). The van der Waals surface area contributed by atoms with E-state index in [1.54, 1.807) is 0 Å². The van der Waals surface area contributed by atoms with Crippen LogP contribution in [0.5, 0.6) is 0 Å². The van der Waals surface area contributed by atoms with Crippen LogP contribution in [0.25, 0.3) is 0 Å². The molecule has 2 saturated carbocycles. The predicted molar refractivity (Wildman–Crippen MR) is 67.6 cm³/mol. The Morgan fingerprint density at radius 1 is 1.24 bits per heavy atom. The van der Waals surface area contributed by atoms with E-state index >= 15 is 0 Å². The molecule has 98 valence electrons. The fourth-order valence-corrected chi connectivity index (χ4v) is 3.19. The highest BCUT2D eigenvalue weighted by molar-refractivity contribution is 5.77. The molecule has 2 fully saturated rings. The van der Waals surface area contributed by atoms with Crippen LogP contribution in [0.3, 0.4) is 0 Å². The topological polar surface area (TPSA) is 49.3 Å². The van der Waals surface area contributed by atoms with Crippen molar-refractivity contribution >= 4 is 5.91 Å². The van der Waals surface area contributed by atoms with Gasteiger partial charge in [-0.25, -0.2) is 0 Å². The van der Waals surface area contributed by atoms with E-state index < -0.39 is 5.60 Å². The summed E-state index contributed by atoms with van der Waals surface area (Å²) in [7, 11) is 0. The lowest BCUT2D eigenvalue weighted by atomic mass is 9.87. The van der Waals surface area contributed by atoms with Gasteiger partial charge >= 0.3 is 0 Å². The van der Waals surface area contributed by atoms with Crippen LogP contribution >= 0.6 is 0 Å². The Morgan fingerprint density at radius 3 is 2.41 bits per heavy atom. The third kappa shape index (κ3) is 3.70. The van der Waals surface area contributed by atoms with E-state index in [-0.39, 0.29) is 5.91 Å². The van der Waals surface area contributed by atoms with Crippen molar-refractivity contribution in [2.24, 2.45) is 5.92 Å². The Bertz CT molecular complexity index is 263. The number of carbonyl (C=O) groups excluding carboxylic acids is 1. The zero-order valence-electron chi connectivity index (χ0n) is 10.9. The van der Waals surface area contributed by atoms with Gasteiger partial charge in [-0.2, -0.15) is 0 Å². The monoisotopic (exact) mass is 239 g/mol. The average molecular weight is 239 g/mol. The molecule has 1 amide bonds. The van der Waals surface area contributed by atoms with Crippen molar-refractivity contribution in [2.75, 3.05) is 0 Å². The molecule has 0 spiro atoms. The molecule has 0 radical (unpaired) electrons. The van der Waals surface area contributed by atoms with E-state index in [9.17, 15) is 9.90 Å². The van der Waals surface area contributed by atoms with Gasteiger partial charge in [0.25, 0.3) is 0 Å². The first-order chi connectivity index (χ1) is 8.07. The van der Waals surface area contributed by atoms with Crippen molar-refractivity contribution in [3.63, 3.8) is 0 Å². The summed E-state index contributed by atoms with van der Waals surface area (Å²) in [6, 6.07) is 0.351. The number of carbonyl (C=O) groups is 1. The van der Waals surface area contributed by atoms with Gasteiger partial charge in [-0.05, 0) is 44.4 Å². The first-order valence-corrected chi connectivity index (χ1v) is 7.09. The molecule has 17 heavy (non-hydrogen) atoms. The van der Waals surface area contributed by atoms with E-state index in [0.29, 0.717) is 12.5 Å². The summed E-state index contributed by atoms with van der Waals surface area (Å²) in [5.74, 6) is 0.858. The van der Waals surface area contributed by atoms with Gasteiger partial charge in [-0.1, -0.05) is 19.8 Å². The summed E-state index contributed by atoms with van der Waals surface area (Å²) in [6.07, 6.45) is 8.65. The maximum Gasteiger partial charge on any atom is 0.223 e. The van der Waals surface area contributed by atoms with E-state index in [1.165, 1.54) is 12.8 Å². The second-order valence-corrected chi connectivity index (χ2v) is 6.13. The van der Waals surface area contributed by atoms with E-state index in [2.05, 4.69) is 12.2 Å². The number of nitrogens with one attached hydrogen (secondary N) is 1. The molecule has 2 aliphatic rings. The molecular weight excluding hydrogens is 214 g/mol. The van der Waals surface area contributed by atoms with Gasteiger partial charge < -0.3 is 10.4 Å². The third-order valence-corrected chi connectivity index (χ3v) is 4.40. The Hall–Kier alpha value is -0.570. The minimum absolute atomic E-state index is 0.0500. The van der Waals surface area contributed by atoms with Crippen LogP contribution in [0.2, 0.25) is 0 Å². The molecule has 0 heterocycles. The maximum atomic E-state index is 11.9. The van der Waals surface area contributed by atoms with Crippen LogP contribution in [-0.4, -0.2) is 22.7 Å². The summed E-state index contributed by atoms with van der Waals surface area (Å²) in [5.41, 5.74) is -0.702. The predicted octanol–water partition coefficient (Wildman–Crippen LogP) is 2.38. The van der Waals surface area contributed by atoms with Crippen molar-refractivity contribution < 1.29 is 9.90 Å². The second-order valence-electron chi connectivity index (χ2n) is 6.13. The van der Waals surface area contributed by atoms with Crippen LogP contribution in [-0.2, 0) is 4.79 Å². The lowest BCUT2D eigenvalue weighted by Crippen LogP contribution is -2.41. The number of aliphatic hydroxyl groups is 1. The summed E-state index contributed by atoms with van der Waals surface area (Å²) in [6.45, 7) is 2.28. The second kappa shape index (κ2) is 5.38. The Morgan fingerprint density at radius 2 is 1.82 bits per heavy atom. The fraction of sp³-hybridized carbons (Fsp3) is 0.929. The lowest BCUT2D eigenvalue weighted by Gasteiger charge is -2.28. The molecule has 0 aliphatic heterocycles. The van der Waals surface area contributed by atoms with Crippen molar-refractivity contribution in [3.8, 4) is 0 Å². The minimum Gasteiger partial charge on any atom is -0.389 e. The summed E-state index contributed by atoms with van der Waals surface area (Å²) < 4.78 is 0. The van der Waals surface area contributed by atoms with Crippen molar-refractivity contribution in [1.29, 1.82) is 0 Å². The van der Waals surface area contributed by atoms with Gasteiger partial charge in [-0.3, -0.25) is 4.79 Å². The number of rotatable bonds is 3. The minimum atomic E-state index is -0.702. The summed E-state index contributed by atoms with van der Waals surface area (Å²) in [4.78, 5) is 11.9. The molecule has 0 aromatic carbocycles. The number of hydrogen-bond donors (Lipinski definition) is 2. The van der Waals surface area contributed by atoms with E-state index in [1.807, 2.05) is 0 Å². The zero-order valence-corrected chi connectivity index (χ0v) is 10.9. The van der Waals surface area contributed by atoms with Crippen molar-refractivity contribution in [1.82, 2.24) is 5.32 Å². The Labute approximate surface area is 104 Å². The summed E-state index contributed by atoms with van der Waals surface area (Å²) in [5, 5.41) is 13.3. The highest BCUT2D eigenvalue weighted by Gasteiger charge is 2.34. The molecule has 3 nitrogen and oxygen atoms in total. The highest BCUT2D eigenvalue weighted by atomic mass is 16.3. The average Bonchev–Trinajstić information content (AvgIpc) is 2.68. The molecule has 0 aromatic heterocycles. The smallest absolute Gasteiger partial charge is 0.223 e. The fourth-order valence-electron chi connectivity index (χ4n) is 3.19. The van der Waals surface area contributed by atoms with E-state index in [0.717, 1.165) is 44.4 Å².